The molecule has 2 saturated heterocycles. The van der Waals surface area contributed by atoms with E-state index < -0.39 is 0 Å². The summed E-state index contributed by atoms with van der Waals surface area (Å²) < 4.78 is 0. The van der Waals surface area contributed by atoms with Crippen molar-refractivity contribution in [1.29, 1.82) is 0 Å². The number of aliphatic hydroxyl groups excluding tert-OH is 1. The smallest absolute Gasteiger partial charge is 0.0831 e. The van der Waals surface area contributed by atoms with Crippen LogP contribution >= 0.6 is 0 Å². The molecule has 3 nitrogen and oxygen atoms in total. The lowest BCUT2D eigenvalue weighted by Crippen LogP contribution is -2.41. The number of likely N-dealkylation sites (tertiary alicyclic amines) is 1. The summed E-state index contributed by atoms with van der Waals surface area (Å²) in [4.78, 5) is 2.41. The highest BCUT2D eigenvalue weighted by atomic mass is 16.3. The van der Waals surface area contributed by atoms with E-state index in [-0.39, 0.29) is 6.10 Å². The maximum absolute atomic E-state index is 9.55. The normalized spacial score (nSPS) is 40.1. The third-order valence-corrected chi connectivity index (χ3v) is 2.76. The van der Waals surface area contributed by atoms with E-state index in [1.165, 1.54) is 25.9 Å². The first-order valence-electron chi connectivity index (χ1n) is 4.51. The molecule has 0 spiro atoms. The van der Waals surface area contributed by atoms with E-state index in [9.17, 15) is 5.11 Å². The van der Waals surface area contributed by atoms with E-state index in [0.29, 0.717) is 6.04 Å². The largest absolute Gasteiger partial charge is 0.390 e. The molecule has 2 fully saturated rings. The number of β-amino-alcohol motifs (C(OH)–C–C–N with tert-alkyl or cyclic N) is 1. The highest BCUT2D eigenvalue weighted by molar-refractivity contribution is 4.89. The van der Waals surface area contributed by atoms with Crippen molar-refractivity contribution in [1.82, 2.24) is 10.2 Å². The minimum Gasteiger partial charge on any atom is -0.390 e. The lowest BCUT2D eigenvalue weighted by atomic mass is 10.2. The summed E-state index contributed by atoms with van der Waals surface area (Å²) in [5, 5.41) is 12.8. The van der Waals surface area contributed by atoms with Gasteiger partial charge in [-0.25, -0.2) is 0 Å². The van der Waals surface area contributed by atoms with Gasteiger partial charge in [0.15, 0.2) is 0 Å². The molecule has 2 rings (SSSR count). The second-order valence-electron chi connectivity index (χ2n) is 3.54. The molecule has 64 valence electrons. The second-order valence-corrected chi connectivity index (χ2v) is 3.54. The summed E-state index contributed by atoms with van der Waals surface area (Å²) in [7, 11) is 0. The Labute approximate surface area is 67.4 Å². The summed E-state index contributed by atoms with van der Waals surface area (Å²) in [6, 6.07) is 0.400. The van der Waals surface area contributed by atoms with Gasteiger partial charge in [-0.3, -0.25) is 4.90 Å². The molecule has 2 heterocycles. The van der Waals surface area contributed by atoms with Crippen LogP contribution in [0.2, 0.25) is 0 Å². The van der Waals surface area contributed by atoms with Gasteiger partial charge in [-0.1, -0.05) is 0 Å². The molecule has 2 N–H and O–H groups in total. The van der Waals surface area contributed by atoms with Crippen LogP contribution in [0.1, 0.15) is 12.8 Å². The zero-order valence-electron chi connectivity index (χ0n) is 6.79. The van der Waals surface area contributed by atoms with Gasteiger partial charge < -0.3 is 10.4 Å². The van der Waals surface area contributed by atoms with Gasteiger partial charge in [0.25, 0.3) is 0 Å². The van der Waals surface area contributed by atoms with Crippen molar-refractivity contribution in [3.63, 3.8) is 0 Å². The van der Waals surface area contributed by atoms with Crippen LogP contribution in [-0.2, 0) is 0 Å². The molecule has 3 heteroatoms. The van der Waals surface area contributed by atoms with Gasteiger partial charge in [-0.2, -0.15) is 0 Å². The highest BCUT2D eigenvalue weighted by Crippen LogP contribution is 2.16. The molecule has 2 unspecified atom stereocenters. The Morgan fingerprint density at radius 2 is 1.91 bits per heavy atom. The molecule has 2 atom stereocenters. The van der Waals surface area contributed by atoms with Gasteiger partial charge in [0.2, 0.25) is 0 Å². The predicted octanol–water partition coefficient (Wildman–Crippen LogP) is -0.585. The Morgan fingerprint density at radius 3 is 2.45 bits per heavy atom. The van der Waals surface area contributed by atoms with Crippen LogP contribution < -0.4 is 5.32 Å². The summed E-state index contributed by atoms with van der Waals surface area (Å²) >= 11 is 0. The van der Waals surface area contributed by atoms with Gasteiger partial charge in [0.1, 0.15) is 0 Å². The van der Waals surface area contributed by atoms with E-state index >= 15 is 0 Å². The Morgan fingerprint density at radius 1 is 1.18 bits per heavy atom. The number of rotatable bonds is 1. The van der Waals surface area contributed by atoms with Crippen LogP contribution in [-0.4, -0.2) is 48.3 Å². The topological polar surface area (TPSA) is 35.5 Å². The van der Waals surface area contributed by atoms with E-state index in [1.807, 2.05) is 0 Å². The van der Waals surface area contributed by atoms with Crippen LogP contribution in [0.15, 0.2) is 0 Å². The van der Waals surface area contributed by atoms with Crippen molar-refractivity contribution >= 4 is 0 Å². The first-order valence-corrected chi connectivity index (χ1v) is 4.51. The van der Waals surface area contributed by atoms with Gasteiger partial charge in [-0.15, -0.1) is 0 Å². The van der Waals surface area contributed by atoms with Gasteiger partial charge >= 0.3 is 0 Å². The average molecular weight is 156 g/mol. The van der Waals surface area contributed by atoms with Crippen molar-refractivity contribution in [2.75, 3.05) is 26.2 Å². The Kier molecular flexibility index (Phi) is 2.11. The zero-order chi connectivity index (χ0) is 7.68. The SMILES string of the molecule is OC1CNCC1N1CCCC1. The minimum atomic E-state index is -0.131. The maximum atomic E-state index is 9.55. The molecule has 0 bridgehead atoms. The minimum absolute atomic E-state index is 0.131. The molecule has 0 amide bonds. The standard InChI is InChI=1S/C8H16N2O/c11-8-6-9-5-7(8)10-3-1-2-4-10/h7-9,11H,1-6H2. The number of hydrogen-bond donors (Lipinski definition) is 2. The number of nitrogens with zero attached hydrogens (tertiary/aromatic N) is 1. The number of hydrogen-bond acceptors (Lipinski definition) is 3. The van der Waals surface area contributed by atoms with Crippen LogP contribution in [0, 0.1) is 0 Å². The molecule has 0 aromatic heterocycles. The van der Waals surface area contributed by atoms with Gasteiger partial charge in [0.05, 0.1) is 6.10 Å². The van der Waals surface area contributed by atoms with Crippen molar-refractivity contribution in [2.45, 2.75) is 25.0 Å². The molecule has 11 heavy (non-hydrogen) atoms. The number of nitrogens with one attached hydrogen (secondary N) is 1. The third-order valence-electron chi connectivity index (χ3n) is 2.76. The lowest BCUT2D eigenvalue weighted by molar-refractivity contribution is 0.0985. The Hall–Kier alpha value is -0.120. The molecule has 0 saturated carbocycles. The first kappa shape index (κ1) is 7.53. The molecule has 0 aromatic carbocycles. The summed E-state index contributed by atoms with van der Waals surface area (Å²) in [6.45, 7) is 4.12. The highest BCUT2D eigenvalue weighted by Gasteiger charge is 2.31. The molecular formula is C8H16N2O. The summed E-state index contributed by atoms with van der Waals surface area (Å²) in [6.07, 6.45) is 2.49. The van der Waals surface area contributed by atoms with Gasteiger partial charge in [0, 0.05) is 19.1 Å². The summed E-state index contributed by atoms with van der Waals surface area (Å²) in [5.74, 6) is 0. The molecule has 2 aliphatic heterocycles. The van der Waals surface area contributed by atoms with Crippen molar-refractivity contribution in [3.8, 4) is 0 Å². The van der Waals surface area contributed by atoms with Gasteiger partial charge in [-0.05, 0) is 25.9 Å². The van der Waals surface area contributed by atoms with Crippen LogP contribution in [0.25, 0.3) is 0 Å². The molecule has 0 radical (unpaired) electrons. The predicted molar refractivity (Wildman–Crippen MR) is 43.5 cm³/mol. The second kappa shape index (κ2) is 3.09. The Balaban J connectivity index is 1.92. The van der Waals surface area contributed by atoms with Crippen LogP contribution in [0.3, 0.4) is 0 Å². The third kappa shape index (κ3) is 1.41. The molecular weight excluding hydrogens is 140 g/mol. The summed E-state index contributed by atoms with van der Waals surface area (Å²) in [5.41, 5.74) is 0. The molecule has 2 aliphatic rings. The number of aliphatic hydroxyl groups is 1. The lowest BCUT2D eigenvalue weighted by Gasteiger charge is -2.24. The first-order chi connectivity index (χ1) is 5.38. The Bertz CT molecular complexity index is 134. The van der Waals surface area contributed by atoms with E-state index in [2.05, 4.69) is 10.2 Å². The van der Waals surface area contributed by atoms with Crippen LogP contribution in [0.4, 0.5) is 0 Å². The fourth-order valence-electron chi connectivity index (χ4n) is 2.10. The van der Waals surface area contributed by atoms with Crippen LogP contribution in [0.5, 0.6) is 0 Å². The fourth-order valence-corrected chi connectivity index (χ4v) is 2.10. The van der Waals surface area contributed by atoms with E-state index in [1.54, 1.807) is 0 Å². The van der Waals surface area contributed by atoms with Crippen molar-refractivity contribution < 1.29 is 5.11 Å². The van der Waals surface area contributed by atoms with E-state index in [0.717, 1.165) is 13.1 Å². The molecule has 0 aliphatic carbocycles. The van der Waals surface area contributed by atoms with Crippen molar-refractivity contribution in [3.05, 3.63) is 0 Å². The zero-order valence-corrected chi connectivity index (χ0v) is 6.79. The van der Waals surface area contributed by atoms with E-state index in [4.69, 9.17) is 0 Å². The quantitative estimate of drug-likeness (QED) is 0.533. The monoisotopic (exact) mass is 156 g/mol. The average Bonchev–Trinajstić information content (AvgIpc) is 2.55. The maximum Gasteiger partial charge on any atom is 0.0831 e. The molecule has 0 aromatic rings. The fraction of sp³-hybridized carbons (Fsp3) is 1.00. The van der Waals surface area contributed by atoms with Crippen molar-refractivity contribution in [2.24, 2.45) is 0 Å².